The molecule has 0 spiro atoms. The van der Waals surface area contributed by atoms with Crippen LogP contribution in [-0.4, -0.2) is 78.1 Å². The number of carbonyl (C=O) groups excluding carboxylic acids is 4. The SMILES string of the molecule is COc1cccc([C@@H](N[C@@H]2O[C@H](COC(=O)C(C)(C)C)[C@H](OC(=O)C(C)(C)C)[C@H](OC(=O)C(C)(C)C)[C@H]2OC(=O)C(C)(C)C)c2c[nH]c3ccccc23)c1[N+](=O)[O-]. The molecule has 1 saturated heterocycles. The van der Waals surface area contributed by atoms with Crippen molar-refractivity contribution in [2.75, 3.05) is 13.7 Å². The molecule has 15 heteroatoms. The molecule has 0 aliphatic carbocycles. The molecular formula is C42H57N3O12. The van der Waals surface area contributed by atoms with Gasteiger partial charge >= 0.3 is 29.6 Å². The number of hydrogen-bond donors (Lipinski definition) is 2. The highest BCUT2D eigenvalue weighted by Crippen LogP contribution is 2.41. The molecule has 6 atom stereocenters. The second-order valence-corrected chi connectivity index (χ2v) is 18.3. The Bertz CT molecular complexity index is 1960. The predicted octanol–water partition coefficient (Wildman–Crippen LogP) is 6.95. The summed E-state index contributed by atoms with van der Waals surface area (Å²) in [6, 6.07) is 10.9. The van der Waals surface area contributed by atoms with Gasteiger partial charge in [0.25, 0.3) is 0 Å². The number of nitro groups is 1. The molecule has 3 aromatic rings. The summed E-state index contributed by atoms with van der Waals surface area (Å²) in [6.45, 7) is 19.2. The van der Waals surface area contributed by atoms with Crippen LogP contribution in [0.15, 0.2) is 48.7 Å². The van der Waals surface area contributed by atoms with Gasteiger partial charge < -0.3 is 33.4 Å². The normalized spacial score (nSPS) is 21.0. The highest BCUT2D eigenvalue weighted by Gasteiger charge is 2.55. The van der Waals surface area contributed by atoms with E-state index in [9.17, 15) is 29.3 Å². The molecule has 1 aliphatic heterocycles. The molecular weight excluding hydrogens is 738 g/mol. The summed E-state index contributed by atoms with van der Waals surface area (Å²) in [6.07, 6.45) is -5.61. The minimum absolute atomic E-state index is 0.0116. The summed E-state index contributed by atoms with van der Waals surface area (Å²) >= 11 is 0. The minimum Gasteiger partial charge on any atom is -0.490 e. The Morgan fingerprint density at radius 1 is 0.737 bits per heavy atom. The Hall–Kier alpha value is -5.02. The van der Waals surface area contributed by atoms with Gasteiger partial charge in [0.1, 0.15) is 12.7 Å². The lowest BCUT2D eigenvalue weighted by molar-refractivity contribution is -0.386. The van der Waals surface area contributed by atoms with Gasteiger partial charge in [0.05, 0.1) is 45.3 Å². The highest BCUT2D eigenvalue weighted by atomic mass is 16.7. The van der Waals surface area contributed by atoms with Crippen LogP contribution >= 0.6 is 0 Å². The van der Waals surface area contributed by atoms with Crippen molar-refractivity contribution in [1.82, 2.24) is 10.3 Å². The standard InChI is InChI=1S/C42H57N3O12/c1-39(2,3)35(46)53-22-28-31(55-36(47)40(4,5)6)32(56-37(48)41(7,8)9)33(57-38(49)42(10,11)12)34(54-28)44-29(25-21-43-26-19-15-14-17-23(25)26)24-18-16-20-27(52-13)30(24)45(50)51/h14-21,28-29,31-34,43-44H,22H2,1-13H3/t28-,29-,31+,32+,33-,34-/m1/s1. The van der Waals surface area contributed by atoms with E-state index in [1.54, 1.807) is 101 Å². The fourth-order valence-corrected chi connectivity index (χ4v) is 5.84. The summed E-state index contributed by atoms with van der Waals surface area (Å²) in [5, 5.41) is 16.8. The molecule has 4 rings (SSSR count). The van der Waals surface area contributed by atoms with E-state index in [0.717, 1.165) is 5.52 Å². The van der Waals surface area contributed by atoms with Gasteiger partial charge in [0.2, 0.25) is 0 Å². The van der Waals surface area contributed by atoms with Gasteiger partial charge in [-0.25, -0.2) is 0 Å². The molecule has 57 heavy (non-hydrogen) atoms. The Balaban J connectivity index is 2.02. The van der Waals surface area contributed by atoms with Crippen LogP contribution in [-0.2, 0) is 42.9 Å². The lowest BCUT2D eigenvalue weighted by Gasteiger charge is -2.47. The van der Waals surface area contributed by atoms with Crippen LogP contribution in [0.2, 0.25) is 0 Å². The molecule has 1 aromatic heterocycles. The van der Waals surface area contributed by atoms with E-state index >= 15 is 0 Å². The van der Waals surface area contributed by atoms with Crippen molar-refractivity contribution in [2.24, 2.45) is 21.7 Å². The molecule has 2 aromatic carbocycles. The maximum Gasteiger partial charge on any atom is 0.315 e. The number of ether oxygens (including phenoxy) is 6. The number of carbonyl (C=O) groups is 4. The average Bonchev–Trinajstić information content (AvgIpc) is 3.53. The number of fused-ring (bicyclic) bond motifs is 1. The van der Waals surface area contributed by atoms with Gasteiger partial charge in [-0.05, 0) is 107 Å². The van der Waals surface area contributed by atoms with Crippen molar-refractivity contribution < 1.29 is 52.5 Å². The first-order chi connectivity index (χ1) is 26.2. The third-order valence-electron chi connectivity index (χ3n) is 9.20. The van der Waals surface area contributed by atoms with E-state index in [1.807, 2.05) is 24.3 Å². The minimum atomic E-state index is -1.54. The molecule has 15 nitrogen and oxygen atoms in total. The van der Waals surface area contributed by atoms with E-state index < -0.39 is 93.8 Å². The zero-order chi connectivity index (χ0) is 42.8. The lowest BCUT2D eigenvalue weighted by Crippen LogP contribution is -2.67. The Morgan fingerprint density at radius 3 is 1.79 bits per heavy atom. The first-order valence-corrected chi connectivity index (χ1v) is 18.8. The van der Waals surface area contributed by atoms with Crippen molar-refractivity contribution in [3.05, 3.63) is 69.9 Å². The van der Waals surface area contributed by atoms with Crippen molar-refractivity contribution in [3.8, 4) is 5.75 Å². The quantitative estimate of drug-likeness (QED) is 0.0877. The van der Waals surface area contributed by atoms with Crippen LogP contribution in [0.1, 0.15) is 100 Å². The largest absolute Gasteiger partial charge is 0.490 e. The van der Waals surface area contributed by atoms with Crippen molar-refractivity contribution in [3.63, 3.8) is 0 Å². The topological polar surface area (TPSA) is 195 Å². The first kappa shape index (κ1) is 44.7. The predicted molar refractivity (Wildman–Crippen MR) is 210 cm³/mol. The third kappa shape index (κ3) is 10.5. The van der Waals surface area contributed by atoms with Gasteiger partial charge in [0.15, 0.2) is 30.3 Å². The molecule has 1 fully saturated rings. The molecule has 0 saturated carbocycles. The zero-order valence-electron chi connectivity index (χ0n) is 35.1. The molecule has 1 aliphatic rings. The maximum atomic E-state index is 13.9. The van der Waals surface area contributed by atoms with Gasteiger partial charge in [-0.2, -0.15) is 0 Å². The van der Waals surface area contributed by atoms with Gasteiger partial charge in [0, 0.05) is 17.1 Å². The Kier molecular flexibility index (Phi) is 13.2. The summed E-state index contributed by atoms with van der Waals surface area (Å²) < 4.78 is 36.4. The molecule has 0 unspecified atom stereocenters. The number of nitrogens with one attached hydrogen (secondary N) is 2. The van der Waals surface area contributed by atoms with Crippen LogP contribution in [0, 0.1) is 31.8 Å². The van der Waals surface area contributed by atoms with Crippen LogP contribution in [0.3, 0.4) is 0 Å². The number of esters is 4. The van der Waals surface area contributed by atoms with E-state index in [0.29, 0.717) is 10.9 Å². The van der Waals surface area contributed by atoms with E-state index in [1.165, 1.54) is 13.2 Å². The van der Waals surface area contributed by atoms with E-state index in [4.69, 9.17) is 28.4 Å². The lowest BCUT2D eigenvalue weighted by atomic mass is 9.91. The van der Waals surface area contributed by atoms with Crippen LogP contribution in [0.5, 0.6) is 5.75 Å². The second-order valence-electron chi connectivity index (χ2n) is 18.3. The van der Waals surface area contributed by atoms with Gasteiger partial charge in [-0.3, -0.25) is 34.6 Å². The summed E-state index contributed by atoms with van der Waals surface area (Å²) in [5.74, 6) is -2.73. The molecule has 0 radical (unpaired) electrons. The molecule has 2 heterocycles. The fourth-order valence-electron chi connectivity index (χ4n) is 5.84. The van der Waals surface area contributed by atoms with E-state index in [2.05, 4.69) is 10.3 Å². The molecule has 0 amide bonds. The number of aromatic nitrogens is 1. The number of nitrogens with zero attached hydrogens (tertiary/aromatic N) is 1. The number of aromatic amines is 1. The fraction of sp³-hybridized carbons (Fsp3) is 0.571. The molecule has 312 valence electrons. The average molecular weight is 796 g/mol. The van der Waals surface area contributed by atoms with Crippen molar-refractivity contribution in [1.29, 1.82) is 0 Å². The van der Waals surface area contributed by atoms with E-state index in [-0.39, 0.29) is 17.0 Å². The zero-order valence-corrected chi connectivity index (χ0v) is 35.1. The van der Waals surface area contributed by atoms with Crippen LogP contribution in [0.4, 0.5) is 5.69 Å². The smallest absolute Gasteiger partial charge is 0.315 e. The number of nitro benzene ring substituents is 1. The number of hydrogen-bond acceptors (Lipinski definition) is 13. The number of H-pyrrole nitrogens is 1. The second kappa shape index (κ2) is 16.8. The Morgan fingerprint density at radius 2 is 1.26 bits per heavy atom. The maximum absolute atomic E-state index is 13.9. The molecule has 0 bridgehead atoms. The summed E-state index contributed by atoms with van der Waals surface area (Å²) in [4.78, 5) is 69.9. The van der Waals surface area contributed by atoms with Crippen LogP contribution in [0.25, 0.3) is 10.9 Å². The summed E-state index contributed by atoms with van der Waals surface area (Å²) in [7, 11) is 1.32. The van der Waals surface area contributed by atoms with Crippen LogP contribution < -0.4 is 10.1 Å². The number of para-hydroxylation sites is 2. The number of benzene rings is 2. The highest BCUT2D eigenvalue weighted by molar-refractivity contribution is 5.84. The summed E-state index contributed by atoms with van der Waals surface area (Å²) in [5.41, 5.74) is -3.06. The monoisotopic (exact) mass is 795 g/mol. The number of rotatable bonds is 11. The van der Waals surface area contributed by atoms with Gasteiger partial charge in [-0.1, -0.05) is 24.3 Å². The Labute approximate surface area is 333 Å². The third-order valence-corrected chi connectivity index (χ3v) is 9.20. The number of methoxy groups -OCH3 is 1. The van der Waals surface area contributed by atoms with Crippen molar-refractivity contribution in [2.45, 2.75) is 120 Å². The first-order valence-electron chi connectivity index (χ1n) is 18.8. The molecule has 2 N–H and O–H groups in total. The van der Waals surface area contributed by atoms with Gasteiger partial charge in [-0.15, -0.1) is 0 Å². The van der Waals surface area contributed by atoms with Crippen molar-refractivity contribution >= 4 is 40.5 Å².